The first-order valence-electron chi connectivity index (χ1n) is 11.8. The highest BCUT2D eigenvalue weighted by atomic mass is 32.2. The van der Waals surface area contributed by atoms with E-state index in [-0.39, 0.29) is 24.3 Å². The van der Waals surface area contributed by atoms with Crippen molar-refractivity contribution in [3.63, 3.8) is 0 Å². The van der Waals surface area contributed by atoms with Crippen molar-refractivity contribution >= 4 is 18.1 Å². The zero-order valence-corrected chi connectivity index (χ0v) is 19.7. The minimum atomic E-state index is -0.197. The number of rotatable bonds is 6. The van der Waals surface area contributed by atoms with Crippen molar-refractivity contribution in [1.82, 2.24) is 4.90 Å². The summed E-state index contributed by atoms with van der Waals surface area (Å²) in [5.74, 6) is 0.814. The van der Waals surface area contributed by atoms with Crippen molar-refractivity contribution in [2.45, 2.75) is 69.6 Å². The van der Waals surface area contributed by atoms with Gasteiger partial charge in [-0.15, -0.1) is 0 Å². The van der Waals surface area contributed by atoms with E-state index in [0.29, 0.717) is 13.0 Å². The van der Waals surface area contributed by atoms with E-state index in [1.807, 2.05) is 29.4 Å². The summed E-state index contributed by atoms with van der Waals surface area (Å²) in [6, 6.07) is 16.5. The molecule has 2 aromatic carbocycles. The molecule has 0 radical (unpaired) electrons. The number of hydrogen-bond acceptors (Lipinski definition) is 5. The molecule has 32 heavy (non-hydrogen) atoms. The third-order valence-corrected chi connectivity index (χ3v) is 6.94. The highest BCUT2D eigenvalue weighted by Crippen LogP contribution is 2.30. The first-order chi connectivity index (χ1) is 15.6. The van der Waals surface area contributed by atoms with Crippen molar-refractivity contribution in [3.8, 4) is 16.9 Å². The second-order valence-corrected chi connectivity index (χ2v) is 9.40. The number of carbonyl (C=O) groups excluding carboxylic acids is 1. The highest BCUT2D eigenvalue weighted by Gasteiger charge is 2.34. The third kappa shape index (κ3) is 5.78. The number of ether oxygens (including phenoxy) is 1. The van der Waals surface area contributed by atoms with Gasteiger partial charge in [-0.1, -0.05) is 42.8 Å². The summed E-state index contributed by atoms with van der Waals surface area (Å²) >= 11 is 1.33. The smallest absolute Gasteiger partial charge is 0.410 e. The molecule has 0 bridgehead atoms. The maximum atomic E-state index is 13.1. The van der Waals surface area contributed by atoms with Crippen LogP contribution < -0.4 is 9.92 Å². The van der Waals surface area contributed by atoms with Crippen LogP contribution in [0.4, 0.5) is 4.79 Å². The average Bonchev–Trinajstić information content (AvgIpc) is 2.82. The Labute approximate surface area is 195 Å². The van der Waals surface area contributed by atoms with E-state index in [0.717, 1.165) is 61.0 Å². The fourth-order valence-corrected chi connectivity index (χ4v) is 5.22. The fraction of sp³-hybridized carbons (Fsp3) is 0.500. The Morgan fingerprint density at radius 2 is 1.81 bits per heavy atom. The molecule has 6 heteroatoms. The predicted molar refractivity (Wildman–Crippen MR) is 131 cm³/mol. The van der Waals surface area contributed by atoms with Gasteiger partial charge in [-0.2, -0.15) is 0 Å². The summed E-state index contributed by atoms with van der Waals surface area (Å²) in [5, 5.41) is 0. The van der Waals surface area contributed by atoms with Crippen LogP contribution in [0.25, 0.3) is 11.1 Å². The molecule has 0 spiro atoms. The number of carbonyl (C=O) groups is 1. The Morgan fingerprint density at radius 1 is 1.03 bits per heavy atom. The van der Waals surface area contributed by atoms with E-state index in [9.17, 15) is 4.79 Å². The number of benzene rings is 2. The second kappa shape index (κ2) is 11.1. The zero-order valence-electron chi connectivity index (χ0n) is 18.9. The molecule has 2 N–H and O–H groups in total. The molecule has 172 valence electrons. The minimum Gasteiger partial charge on any atom is -0.446 e. The van der Waals surface area contributed by atoms with Gasteiger partial charge in [-0.05, 0) is 73.8 Å². The molecule has 1 saturated heterocycles. The first-order valence-corrected chi connectivity index (χ1v) is 12.9. The number of nitrogens with two attached hydrogens (primary N) is 1. The van der Waals surface area contributed by atoms with E-state index in [1.54, 1.807) is 0 Å². The summed E-state index contributed by atoms with van der Waals surface area (Å²) in [6.45, 7) is 0.705. The van der Waals surface area contributed by atoms with Crippen molar-refractivity contribution in [3.05, 3.63) is 54.1 Å². The Morgan fingerprint density at radius 3 is 2.56 bits per heavy atom. The van der Waals surface area contributed by atoms with Crippen molar-refractivity contribution in [2.24, 2.45) is 5.73 Å². The Kier molecular flexibility index (Phi) is 7.98. The molecule has 2 aliphatic rings. The van der Waals surface area contributed by atoms with Crippen LogP contribution in [-0.4, -0.2) is 42.0 Å². The van der Waals surface area contributed by atoms with Gasteiger partial charge < -0.3 is 19.6 Å². The van der Waals surface area contributed by atoms with Crippen LogP contribution >= 0.6 is 12.0 Å². The Bertz CT molecular complexity index is 886. The number of hydrogen-bond donors (Lipinski definition) is 1. The molecule has 1 saturated carbocycles. The summed E-state index contributed by atoms with van der Waals surface area (Å²) in [6.07, 6.45) is 9.78. The van der Waals surface area contributed by atoms with Gasteiger partial charge in [0.1, 0.15) is 11.9 Å². The van der Waals surface area contributed by atoms with Crippen LogP contribution in [-0.2, 0) is 11.2 Å². The molecular formula is C26H34N2O3S. The summed E-state index contributed by atoms with van der Waals surface area (Å²) in [5.41, 5.74) is 9.91. The molecule has 4 rings (SSSR count). The van der Waals surface area contributed by atoms with Gasteiger partial charge in [0.05, 0.1) is 18.1 Å². The van der Waals surface area contributed by atoms with Crippen molar-refractivity contribution < 1.29 is 13.7 Å². The largest absolute Gasteiger partial charge is 0.446 e. The van der Waals surface area contributed by atoms with E-state index in [1.165, 1.54) is 18.5 Å². The highest BCUT2D eigenvalue weighted by molar-refractivity contribution is 7.94. The van der Waals surface area contributed by atoms with Crippen LogP contribution in [0.2, 0.25) is 0 Å². The summed E-state index contributed by atoms with van der Waals surface area (Å²) in [4.78, 5) is 15.0. The van der Waals surface area contributed by atoms with Gasteiger partial charge in [0.25, 0.3) is 0 Å². The lowest BCUT2D eigenvalue weighted by Crippen LogP contribution is -2.55. The second-order valence-electron chi connectivity index (χ2n) is 8.90. The average molecular weight is 455 g/mol. The molecule has 2 atom stereocenters. The van der Waals surface area contributed by atoms with E-state index in [4.69, 9.17) is 14.7 Å². The molecule has 1 heterocycles. The molecule has 1 amide bonds. The number of amides is 1. The molecule has 2 unspecified atom stereocenters. The molecule has 0 aromatic heterocycles. The van der Waals surface area contributed by atoms with Crippen molar-refractivity contribution in [2.75, 3.05) is 12.8 Å². The minimum absolute atomic E-state index is 0.0537. The fourth-order valence-electron chi connectivity index (χ4n) is 4.93. The summed E-state index contributed by atoms with van der Waals surface area (Å²) in [7, 11) is 0. The molecule has 2 aromatic rings. The Balaban J connectivity index is 1.55. The SMILES string of the molecule is CSOc1cc(CC2C(N)CCCN2C(=O)OC2CCCCC2)cc(-c2ccccc2)c1. The number of piperidine rings is 1. The number of likely N-dealkylation sites (tertiary alicyclic amines) is 1. The van der Waals surface area contributed by atoms with Gasteiger partial charge >= 0.3 is 6.09 Å². The third-order valence-electron chi connectivity index (χ3n) is 6.58. The summed E-state index contributed by atoms with van der Waals surface area (Å²) < 4.78 is 11.7. The van der Waals surface area contributed by atoms with Gasteiger partial charge in [-0.3, -0.25) is 0 Å². The van der Waals surface area contributed by atoms with Crippen LogP contribution in [0.5, 0.6) is 5.75 Å². The van der Waals surface area contributed by atoms with Crippen LogP contribution in [0, 0.1) is 0 Å². The van der Waals surface area contributed by atoms with E-state index in [2.05, 4.69) is 30.3 Å². The normalized spacial score (nSPS) is 21.9. The lowest BCUT2D eigenvalue weighted by Gasteiger charge is -2.40. The quantitative estimate of drug-likeness (QED) is 0.558. The van der Waals surface area contributed by atoms with E-state index >= 15 is 0 Å². The van der Waals surface area contributed by atoms with Crippen LogP contribution in [0.1, 0.15) is 50.5 Å². The van der Waals surface area contributed by atoms with Gasteiger partial charge in [0.15, 0.2) is 0 Å². The number of nitrogens with zero attached hydrogens (tertiary/aromatic N) is 1. The molecule has 1 aliphatic heterocycles. The molecule has 2 fully saturated rings. The van der Waals surface area contributed by atoms with Gasteiger partial charge in [0, 0.05) is 18.8 Å². The lowest BCUT2D eigenvalue weighted by molar-refractivity contribution is 0.0248. The van der Waals surface area contributed by atoms with Crippen molar-refractivity contribution in [1.29, 1.82) is 0 Å². The lowest BCUT2D eigenvalue weighted by atomic mass is 9.90. The molecular weight excluding hydrogens is 420 g/mol. The molecule has 1 aliphatic carbocycles. The maximum Gasteiger partial charge on any atom is 0.410 e. The zero-order chi connectivity index (χ0) is 22.3. The Hall–Kier alpha value is -2.18. The predicted octanol–water partition coefficient (Wildman–Crippen LogP) is 5.81. The molecule has 5 nitrogen and oxygen atoms in total. The maximum absolute atomic E-state index is 13.1. The van der Waals surface area contributed by atoms with E-state index < -0.39 is 0 Å². The van der Waals surface area contributed by atoms with Crippen LogP contribution in [0.15, 0.2) is 48.5 Å². The standard InChI is InChI=1S/C26H34N2O3S/c1-32-31-23-16-19(15-21(18-23)20-9-4-2-5-10-20)17-25-24(27)13-8-14-28(25)26(29)30-22-11-6-3-7-12-22/h2,4-5,9-10,15-16,18,22,24-25H,3,6-8,11-14,17,27H2,1H3. The first kappa shape index (κ1) is 23.0. The van der Waals surface area contributed by atoms with Crippen LogP contribution in [0.3, 0.4) is 0 Å². The monoisotopic (exact) mass is 454 g/mol. The van der Waals surface area contributed by atoms with Gasteiger partial charge in [0.2, 0.25) is 0 Å². The van der Waals surface area contributed by atoms with Gasteiger partial charge in [-0.25, -0.2) is 4.79 Å². The topological polar surface area (TPSA) is 64.8 Å².